The van der Waals surface area contributed by atoms with Gasteiger partial charge in [0.1, 0.15) is 6.10 Å². The third-order valence-electron chi connectivity index (χ3n) is 8.97. The summed E-state index contributed by atoms with van der Waals surface area (Å²) in [5.41, 5.74) is 0. The number of aliphatic hydroxyl groups excluding tert-OH is 1. The Balaban J connectivity index is 3.66. The molecule has 0 aliphatic heterocycles. The number of rotatable bonds is 37. The normalized spacial score (nSPS) is 12.3. The fourth-order valence-corrected chi connectivity index (χ4v) is 6.10. The Bertz CT molecular complexity index is 558. The van der Waals surface area contributed by atoms with Gasteiger partial charge in [0.25, 0.3) is 0 Å². The molecule has 0 aliphatic rings. The molecule has 0 aromatic carbocycles. The van der Waals surface area contributed by atoms with Gasteiger partial charge in [0.15, 0.2) is 0 Å². The van der Waals surface area contributed by atoms with Gasteiger partial charge in [-0.25, -0.2) is 0 Å². The van der Waals surface area contributed by atoms with E-state index in [1.807, 2.05) is 0 Å². The Morgan fingerprint density at radius 2 is 0.977 bits per heavy atom. The van der Waals surface area contributed by atoms with E-state index in [2.05, 4.69) is 25.7 Å². The maximum Gasteiger partial charge on any atom is 0.306 e. The molecule has 0 aromatic rings. The van der Waals surface area contributed by atoms with Crippen molar-refractivity contribution in [1.82, 2.24) is 4.90 Å². The van der Waals surface area contributed by atoms with Crippen LogP contribution in [0.25, 0.3) is 0 Å². The standard InChI is InChI=1S/C39H79NO4/c1-4-7-9-11-14-21-27-36-43-37-28-22-15-13-19-25-32-40(34-35-41)33-26-20-16-18-24-31-39(42)44-38(29-6-3)30-23-17-12-10-8-5-2/h38,41H,4-37H2,1-3H3. The molecular weight excluding hydrogens is 546 g/mol. The van der Waals surface area contributed by atoms with E-state index < -0.39 is 0 Å². The lowest BCUT2D eigenvalue weighted by Gasteiger charge is -2.21. The van der Waals surface area contributed by atoms with Crippen molar-refractivity contribution in [2.24, 2.45) is 0 Å². The van der Waals surface area contributed by atoms with Crippen LogP contribution >= 0.6 is 0 Å². The van der Waals surface area contributed by atoms with E-state index in [0.717, 1.165) is 65.0 Å². The van der Waals surface area contributed by atoms with Crippen molar-refractivity contribution in [3.8, 4) is 0 Å². The van der Waals surface area contributed by atoms with E-state index in [-0.39, 0.29) is 18.7 Å². The second-order valence-corrected chi connectivity index (χ2v) is 13.4. The Morgan fingerprint density at radius 1 is 0.523 bits per heavy atom. The van der Waals surface area contributed by atoms with Crippen LogP contribution in [0.2, 0.25) is 0 Å². The summed E-state index contributed by atoms with van der Waals surface area (Å²) in [6.07, 6.45) is 34.2. The van der Waals surface area contributed by atoms with E-state index >= 15 is 0 Å². The summed E-state index contributed by atoms with van der Waals surface area (Å²) in [5, 5.41) is 9.49. The van der Waals surface area contributed by atoms with Gasteiger partial charge < -0.3 is 19.5 Å². The van der Waals surface area contributed by atoms with Crippen molar-refractivity contribution in [3.63, 3.8) is 0 Å². The van der Waals surface area contributed by atoms with Gasteiger partial charge in [0.2, 0.25) is 0 Å². The zero-order chi connectivity index (χ0) is 32.2. The van der Waals surface area contributed by atoms with Crippen LogP contribution in [0.15, 0.2) is 0 Å². The first-order valence-corrected chi connectivity index (χ1v) is 19.8. The van der Waals surface area contributed by atoms with Gasteiger partial charge in [-0.05, 0) is 64.5 Å². The molecule has 264 valence electrons. The van der Waals surface area contributed by atoms with Crippen LogP contribution in [0.3, 0.4) is 0 Å². The molecule has 5 heteroatoms. The number of unbranched alkanes of at least 4 members (excludes halogenated alkanes) is 20. The molecule has 44 heavy (non-hydrogen) atoms. The monoisotopic (exact) mass is 626 g/mol. The average Bonchev–Trinajstić information content (AvgIpc) is 3.02. The maximum absolute atomic E-state index is 12.4. The van der Waals surface area contributed by atoms with Gasteiger partial charge in [-0.3, -0.25) is 4.79 Å². The fraction of sp³-hybridized carbons (Fsp3) is 0.974. The predicted octanol–water partition coefficient (Wildman–Crippen LogP) is 11.2. The minimum Gasteiger partial charge on any atom is -0.462 e. The van der Waals surface area contributed by atoms with Crippen LogP contribution < -0.4 is 0 Å². The number of esters is 1. The molecule has 1 N–H and O–H groups in total. The summed E-state index contributed by atoms with van der Waals surface area (Å²) in [6.45, 7) is 11.8. The highest BCUT2D eigenvalue weighted by atomic mass is 16.5. The average molecular weight is 626 g/mol. The summed E-state index contributed by atoms with van der Waals surface area (Å²) < 4.78 is 11.7. The topological polar surface area (TPSA) is 59.0 Å². The molecule has 1 atom stereocenters. The molecule has 0 saturated heterocycles. The van der Waals surface area contributed by atoms with E-state index in [4.69, 9.17) is 9.47 Å². The number of aliphatic hydroxyl groups is 1. The van der Waals surface area contributed by atoms with Gasteiger partial charge in [-0.1, -0.05) is 143 Å². The minimum atomic E-state index is 0.00990. The number of carbonyl (C=O) groups is 1. The third kappa shape index (κ3) is 32.7. The van der Waals surface area contributed by atoms with Gasteiger partial charge in [0, 0.05) is 26.2 Å². The number of nitrogens with zero attached hydrogens (tertiary/aromatic N) is 1. The first-order chi connectivity index (χ1) is 21.7. The van der Waals surface area contributed by atoms with Crippen molar-refractivity contribution in [2.45, 2.75) is 207 Å². The second kappa shape index (κ2) is 36.8. The van der Waals surface area contributed by atoms with Crippen LogP contribution in [0.5, 0.6) is 0 Å². The molecule has 0 aliphatic carbocycles. The van der Waals surface area contributed by atoms with Crippen LogP contribution in [0.1, 0.15) is 201 Å². The highest BCUT2D eigenvalue weighted by molar-refractivity contribution is 5.69. The van der Waals surface area contributed by atoms with Crippen LogP contribution in [-0.4, -0.2) is 61.5 Å². The molecule has 0 rings (SSSR count). The summed E-state index contributed by atoms with van der Waals surface area (Å²) in [7, 11) is 0. The first kappa shape index (κ1) is 43.4. The van der Waals surface area contributed by atoms with Gasteiger partial charge in [-0.2, -0.15) is 0 Å². The summed E-state index contributed by atoms with van der Waals surface area (Å²) >= 11 is 0. The summed E-state index contributed by atoms with van der Waals surface area (Å²) in [6, 6.07) is 0. The molecule has 0 aromatic heterocycles. The molecule has 0 saturated carbocycles. The van der Waals surface area contributed by atoms with E-state index in [1.165, 1.54) is 141 Å². The molecular formula is C39H79NO4. The zero-order valence-corrected chi connectivity index (χ0v) is 30.2. The van der Waals surface area contributed by atoms with Crippen molar-refractivity contribution < 1.29 is 19.4 Å². The van der Waals surface area contributed by atoms with Crippen molar-refractivity contribution in [2.75, 3.05) is 39.5 Å². The highest BCUT2D eigenvalue weighted by Crippen LogP contribution is 2.16. The van der Waals surface area contributed by atoms with Crippen LogP contribution in [0.4, 0.5) is 0 Å². The lowest BCUT2D eigenvalue weighted by atomic mass is 10.0. The molecule has 0 fully saturated rings. The largest absolute Gasteiger partial charge is 0.462 e. The first-order valence-electron chi connectivity index (χ1n) is 19.8. The fourth-order valence-electron chi connectivity index (χ4n) is 6.10. The molecule has 0 bridgehead atoms. The highest BCUT2D eigenvalue weighted by Gasteiger charge is 2.13. The molecule has 0 amide bonds. The third-order valence-corrected chi connectivity index (χ3v) is 8.97. The number of hydrogen-bond acceptors (Lipinski definition) is 5. The summed E-state index contributed by atoms with van der Waals surface area (Å²) in [5.74, 6) is 0.00990. The molecule has 0 spiro atoms. The zero-order valence-electron chi connectivity index (χ0n) is 30.2. The van der Waals surface area contributed by atoms with E-state index in [0.29, 0.717) is 6.42 Å². The number of ether oxygens (including phenoxy) is 2. The molecule has 0 radical (unpaired) electrons. The SMILES string of the molecule is CCCCCCCCCOCCCCCCCCN(CCO)CCCCCCCC(=O)OC(CCC)CCCCCCCC. The number of carbonyl (C=O) groups excluding carboxylic acids is 1. The van der Waals surface area contributed by atoms with Crippen LogP contribution in [0, 0.1) is 0 Å². The summed E-state index contributed by atoms with van der Waals surface area (Å²) in [4.78, 5) is 14.8. The van der Waals surface area contributed by atoms with Crippen molar-refractivity contribution in [3.05, 3.63) is 0 Å². The Kier molecular flexibility index (Phi) is 36.3. The Hall–Kier alpha value is -0.650. The molecule has 0 heterocycles. The van der Waals surface area contributed by atoms with Gasteiger partial charge >= 0.3 is 5.97 Å². The Morgan fingerprint density at radius 3 is 1.48 bits per heavy atom. The van der Waals surface area contributed by atoms with Crippen LogP contribution in [-0.2, 0) is 14.3 Å². The van der Waals surface area contributed by atoms with Crippen molar-refractivity contribution in [1.29, 1.82) is 0 Å². The van der Waals surface area contributed by atoms with E-state index in [9.17, 15) is 9.90 Å². The maximum atomic E-state index is 12.4. The quantitative estimate of drug-likeness (QED) is 0.0550. The lowest BCUT2D eigenvalue weighted by Crippen LogP contribution is -2.29. The van der Waals surface area contributed by atoms with E-state index in [1.54, 1.807) is 0 Å². The van der Waals surface area contributed by atoms with Gasteiger partial charge in [0.05, 0.1) is 6.61 Å². The Labute approximate surface area is 276 Å². The lowest BCUT2D eigenvalue weighted by molar-refractivity contribution is -0.150. The molecule has 5 nitrogen and oxygen atoms in total. The number of hydrogen-bond donors (Lipinski definition) is 1. The second-order valence-electron chi connectivity index (χ2n) is 13.4. The smallest absolute Gasteiger partial charge is 0.306 e. The van der Waals surface area contributed by atoms with Crippen molar-refractivity contribution >= 4 is 5.97 Å². The minimum absolute atomic E-state index is 0.00990. The predicted molar refractivity (Wildman–Crippen MR) is 191 cm³/mol. The molecule has 1 unspecified atom stereocenters. The van der Waals surface area contributed by atoms with Gasteiger partial charge in [-0.15, -0.1) is 0 Å².